The minimum absolute atomic E-state index is 0.187. The zero-order valence-corrected chi connectivity index (χ0v) is 12.7. The molecule has 1 saturated heterocycles. The van der Waals surface area contributed by atoms with Crippen molar-refractivity contribution in [3.8, 4) is 0 Å². The Labute approximate surface area is 127 Å². The van der Waals surface area contributed by atoms with Crippen LogP contribution in [0, 0.1) is 0 Å². The Hall–Kier alpha value is -2.41. The number of nitrogens with zero attached hydrogens (tertiary/aromatic N) is 5. The van der Waals surface area contributed by atoms with Crippen LogP contribution in [0.4, 0.5) is 5.82 Å². The van der Waals surface area contributed by atoms with Crippen molar-refractivity contribution in [3.05, 3.63) is 40.1 Å². The van der Waals surface area contributed by atoms with Crippen LogP contribution in [0.15, 0.2) is 34.2 Å². The molecule has 116 valence electrons. The van der Waals surface area contributed by atoms with Crippen LogP contribution in [-0.4, -0.2) is 52.9 Å². The number of likely N-dealkylation sites (N-methyl/N-ethyl adjacent to an activating group) is 1. The fourth-order valence-corrected chi connectivity index (χ4v) is 2.75. The fraction of sp³-hybridized carbons (Fsp3) is 0.400. The van der Waals surface area contributed by atoms with E-state index in [-0.39, 0.29) is 5.49 Å². The van der Waals surface area contributed by atoms with Crippen LogP contribution in [0.2, 0.25) is 0 Å². The van der Waals surface area contributed by atoms with Crippen LogP contribution >= 0.6 is 0 Å². The van der Waals surface area contributed by atoms with Crippen molar-refractivity contribution in [1.29, 1.82) is 0 Å². The monoisotopic (exact) mass is 301 g/mol. The summed E-state index contributed by atoms with van der Waals surface area (Å²) in [7, 11) is 3.74. The Bertz CT molecular complexity index is 822. The highest BCUT2D eigenvalue weighted by Crippen LogP contribution is 2.22. The van der Waals surface area contributed by atoms with E-state index < -0.39 is 5.56 Å². The molecule has 2 heterocycles. The summed E-state index contributed by atoms with van der Waals surface area (Å²) in [6.45, 7) is 3.49. The second kappa shape index (κ2) is 5.76. The Kier molecular flexibility index (Phi) is 3.81. The van der Waals surface area contributed by atoms with Crippen LogP contribution in [0.5, 0.6) is 0 Å². The number of hydrogen-bond acceptors (Lipinski definition) is 6. The lowest BCUT2D eigenvalue weighted by Gasteiger charge is -2.33. The van der Waals surface area contributed by atoms with Gasteiger partial charge in [0.25, 0.3) is 11.0 Å². The van der Waals surface area contributed by atoms with Crippen LogP contribution < -0.4 is 15.9 Å². The predicted octanol–water partition coefficient (Wildman–Crippen LogP) is -0.0248. The molecule has 22 heavy (non-hydrogen) atoms. The molecule has 1 aliphatic rings. The van der Waals surface area contributed by atoms with E-state index in [0.29, 0.717) is 5.82 Å². The van der Waals surface area contributed by atoms with E-state index in [1.165, 1.54) is 4.57 Å². The molecular formula is C15H19N5O2. The molecule has 1 aromatic carbocycles. The van der Waals surface area contributed by atoms with E-state index in [1.54, 1.807) is 7.05 Å². The predicted molar refractivity (Wildman–Crippen MR) is 84.0 cm³/mol. The molecule has 7 nitrogen and oxygen atoms in total. The maximum atomic E-state index is 12.3. The van der Waals surface area contributed by atoms with Gasteiger partial charge in [-0.2, -0.15) is 0 Å². The molecule has 0 spiro atoms. The fourth-order valence-electron chi connectivity index (χ4n) is 2.75. The van der Waals surface area contributed by atoms with E-state index in [1.807, 2.05) is 24.3 Å². The highest BCUT2D eigenvalue weighted by atomic mass is 16.4. The third-order valence-corrected chi connectivity index (χ3v) is 4.11. The molecule has 2 aromatic rings. The number of hydrogen-bond donors (Lipinski definition) is 1. The van der Waals surface area contributed by atoms with Gasteiger partial charge in [-0.3, -0.25) is 4.79 Å². The summed E-state index contributed by atoms with van der Waals surface area (Å²) in [6.07, 6.45) is 0. The van der Waals surface area contributed by atoms with Gasteiger partial charge in [0.2, 0.25) is 0 Å². The average Bonchev–Trinajstić information content (AvgIpc) is 2.65. The average molecular weight is 301 g/mol. The van der Waals surface area contributed by atoms with E-state index in [2.05, 4.69) is 27.0 Å². The highest BCUT2D eigenvalue weighted by molar-refractivity contribution is 5.89. The number of rotatable bonds is 1. The molecule has 1 aliphatic heterocycles. The van der Waals surface area contributed by atoms with E-state index >= 15 is 0 Å². The summed E-state index contributed by atoms with van der Waals surface area (Å²) in [5.41, 5.74) is 0.163. The standard InChI is InChI=1S/C15H19N5O2/c1-18-7-9-20(10-8-18)14-11-5-3-4-6-12(11)19(2)15(21)13(16-14)17-22/h3-6,22H,7-10H2,1-2H3. The SMILES string of the molecule is CN1CCN(c2nc(=NO)c(=O)n(C)c3ccccc23)CC1. The quantitative estimate of drug-likeness (QED) is 0.592. The van der Waals surface area contributed by atoms with E-state index in [0.717, 1.165) is 37.1 Å². The normalized spacial score (nSPS) is 17.2. The summed E-state index contributed by atoms with van der Waals surface area (Å²) >= 11 is 0. The van der Waals surface area contributed by atoms with E-state index in [4.69, 9.17) is 5.21 Å². The first-order valence-corrected chi connectivity index (χ1v) is 7.23. The molecule has 7 heteroatoms. The molecule has 1 N–H and O–H groups in total. The molecule has 1 aromatic heterocycles. The Morgan fingerprint density at radius 2 is 1.82 bits per heavy atom. The smallest absolute Gasteiger partial charge is 0.299 e. The van der Waals surface area contributed by atoms with Gasteiger partial charge in [0.05, 0.1) is 5.52 Å². The molecule has 0 unspecified atom stereocenters. The third-order valence-electron chi connectivity index (χ3n) is 4.11. The van der Waals surface area contributed by atoms with Gasteiger partial charge in [-0.1, -0.05) is 17.3 Å². The van der Waals surface area contributed by atoms with Crippen molar-refractivity contribution >= 4 is 16.7 Å². The first-order valence-electron chi connectivity index (χ1n) is 7.23. The number of fused-ring (bicyclic) bond motifs is 1. The van der Waals surface area contributed by atoms with Crippen molar-refractivity contribution < 1.29 is 5.21 Å². The molecule has 3 rings (SSSR count). The van der Waals surface area contributed by atoms with Gasteiger partial charge in [-0.25, -0.2) is 4.98 Å². The third kappa shape index (κ3) is 2.43. The van der Waals surface area contributed by atoms with Crippen LogP contribution in [0.1, 0.15) is 0 Å². The summed E-state index contributed by atoms with van der Waals surface area (Å²) in [6, 6.07) is 7.62. The number of benzene rings is 1. The first kappa shape index (κ1) is 14.5. The van der Waals surface area contributed by atoms with Crippen LogP contribution in [0.25, 0.3) is 10.9 Å². The molecule has 0 aliphatic carbocycles. The van der Waals surface area contributed by atoms with Crippen LogP contribution in [-0.2, 0) is 7.05 Å². The van der Waals surface area contributed by atoms with Gasteiger partial charge < -0.3 is 19.6 Å². The second-order valence-electron chi connectivity index (χ2n) is 5.53. The second-order valence-corrected chi connectivity index (χ2v) is 5.53. The summed E-state index contributed by atoms with van der Waals surface area (Å²) < 4.78 is 1.47. The molecule has 0 amide bonds. The molecule has 1 fully saturated rings. The highest BCUT2D eigenvalue weighted by Gasteiger charge is 2.18. The number of aromatic nitrogens is 2. The van der Waals surface area contributed by atoms with Gasteiger partial charge in [0.15, 0.2) is 0 Å². The van der Waals surface area contributed by atoms with Crippen molar-refractivity contribution in [2.45, 2.75) is 0 Å². The van der Waals surface area contributed by atoms with Gasteiger partial charge in [-0.15, -0.1) is 0 Å². The lowest BCUT2D eigenvalue weighted by molar-refractivity contribution is 0.296. The maximum Gasteiger partial charge on any atom is 0.299 e. The van der Waals surface area contributed by atoms with Crippen molar-refractivity contribution in [3.63, 3.8) is 0 Å². The zero-order valence-electron chi connectivity index (χ0n) is 12.7. The molecular weight excluding hydrogens is 282 g/mol. The van der Waals surface area contributed by atoms with Crippen molar-refractivity contribution in [2.24, 2.45) is 12.2 Å². The maximum absolute atomic E-state index is 12.3. The number of aryl methyl sites for hydroxylation is 1. The Morgan fingerprint density at radius 3 is 2.50 bits per heavy atom. The van der Waals surface area contributed by atoms with Gasteiger partial charge >= 0.3 is 0 Å². The van der Waals surface area contributed by atoms with Crippen molar-refractivity contribution in [2.75, 3.05) is 38.1 Å². The lowest BCUT2D eigenvalue weighted by atomic mass is 10.2. The van der Waals surface area contributed by atoms with Gasteiger partial charge in [0, 0.05) is 38.6 Å². The zero-order chi connectivity index (χ0) is 15.7. The minimum atomic E-state index is -0.418. The van der Waals surface area contributed by atoms with Crippen molar-refractivity contribution in [1.82, 2.24) is 14.5 Å². The topological polar surface area (TPSA) is 74.0 Å². The number of para-hydroxylation sites is 1. The lowest BCUT2D eigenvalue weighted by Crippen LogP contribution is -2.45. The Morgan fingerprint density at radius 1 is 1.14 bits per heavy atom. The molecule has 0 radical (unpaired) electrons. The summed E-state index contributed by atoms with van der Waals surface area (Å²) in [5.74, 6) is 0.689. The van der Waals surface area contributed by atoms with Gasteiger partial charge in [0.1, 0.15) is 5.82 Å². The Balaban J connectivity index is 2.32. The van der Waals surface area contributed by atoms with Gasteiger partial charge in [-0.05, 0) is 19.2 Å². The summed E-state index contributed by atoms with van der Waals surface area (Å²) in [5, 5.41) is 13.1. The van der Waals surface area contributed by atoms with Crippen LogP contribution in [0.3, 0.4) is 0 Å². The number of anilines is 1. The number of piperazine rings is 1. The first-order chi connectivity index (χ1) is 10.6. The molecule has 0 bridgehead atoms. The van der Waals surface area contributed by atoms with E-state index in [9.17, 15) is 4.79 Å². The molecule has 0 atom stereocenters. The largest absolute Gasteiger partial charge is 0.409 e. The minimum Gasteiger partial charge on any atom is -0.409 e. The molecule has 0 saturated carbocycles. The summed E-state index contributed by atoms with van der Waals surface area (Å²) in [4.78, 5) is 21.1.